The number of thioether (sulfide) groups is 1. The van der Waals surface area contributed by atoms with Crippen LogP contribution in [0.15, 0.2) is 45.9 Å². The summed E-state index contributed by atoms with van der Waals surface area (Å²) >= 11 is 2.78. The van der Waals surface area contributed by atoms with Crippen molar-refractivity contribution in [3.8, 4) is 5.75 Å². The van der Waals surface area contributed by atoms with Gasteiger partial charge in [-0.2, -0.15) is 0 Å². The molecule has 158 valence electrons. The van der Waals surface area contributed by atoms with Crippen LogP contribution in [-0.2, 0) is 14.4 Å². The monoisotopic (exact) mass is 448 g/mol. The molecule has 0 radical (unpaired) electrons. The number of nitrogens with zero attached hydrogens (tertiary/aromatic N) is 3. The van der Waals surface area contributed by atoms with Crippen LogP contribution in [0, 0.1) is 6.92 Å². The average molecular weight is 449 g/mol. The summed E-state index contributed by atoms with van der Waals surface area (Å²) in [5.74, 6) is -1.19. The van der Waals surface area contributed by atoms with Crippen LogP contribution >= 0.6 is 23.1 Å². The Morgan fingerprint density at radius 1 is 1.33 bits per heavy atom. The van der Waals surface area contributed by atoms with E-state index in [1.165, 1.54) is 28.0 Å². The highest BCUT2D eigenvalue weighted by atomic mass is 32.2. The van der Waals surface area contributed by atoms with Gasteiger partial charge in [0.25, 0.3) is 11.8 Å². The smallest absolute Gasteiger partial charge is 0.352 e. The molecule has 0 spiro atoms. The molecule has 0 bridgehead atoms. The largest absolute Gasteiger partial charge is 0.484 e. The van der Waals surface area contributed by atoms with E-state index in [0.717, 1.165) is 9.35 Å². The summed E-state index contributed by atoms with van der Waals surface area (Å²) in [5, 5.41) is 20.9. The number of aryl methyl sites for hydroxylation is 1. The number of likely N-dealkylation sites (tertiary alicyclic amines) is 1. The number of carboxylic acid groups (broad SMARTS) is 1. The SMILES string of the molecule is C/C(CSc1nnc(C)s1)=C(/C(=O)O)N1CC(NC(=O)COc2ccccc2)C1=O. The first-order valence-electron chi connectivity index (χ1n) is 8.99. The fraction of sp³-hybridized carbons (Fsp3) is 0.316. The zero-order valence-corrected chi connectivity index (χ0v) is 18.0. The first-order chi connectivity index (χ1) is 14.3. The van der Waals surface area contributed by atoms with E-state index >= 15 is 0 Å². The third kappa shape index (κ3) is 5.36. The number of carboxylic acids is 1. The Labute approximate surface area is 181 Å². The predicted octanol–water partition coefficient (Wildman–Crippen LogP) is 1.70. The molecular weight excluding hydrogens is 428 g/mol. The molecule has 1 unspecified atom stereocenters. The van der Waals surface area contributed by atoms with Gasteiger partial charge in [0.05, 0.1) is 6.54 Å². The lowest BCUT2D eigenvalue weighted by molar-refractivity contribution is -0.149. The van der Waals surface area contributed by atoms with Crippen LogP contribution < -0.4 is 10.1 Å². The Morgan fingerprint density at radius 3 is 2.67 bits per heavy atom. The zero-order valence-electron chi connectivity index (χ0n) is 16.3. The molecule has 1 atom stereocenters. The van der Waals surface area contributed by atoms with E-state index in [1.807, 2.05) is 13.0 Å². The number of aliphatic carboxylic acids is 1. The number of aromatic nitrogens is 2. The summed E-state index contributed by atoms with van der Waals surface area (Å²) in [6.07, 6.45) is 0. The maximum absolute atomic E-state index is 12.4. The van der Waals surface area contributed by atoms with E-state index < -0.39 is 23.8 Å². The van der Waals surface area contributed by atoms with E-state index in [4.69, 9.17) is 4.74 Å². The van der Waals surface area contributed by atoms with Crippen molar-refractivity contribution in [1.29, 1.82) is 0 Å². The van der Waals surface area contributed by atoms with Crippen LogP contribution in [0.25, 0.3) is 0 Å². The van der Waals surface area contributed by atoms with Crippen molar-refractivity contribution in [2.45, 2.75) is 24.2 Å². The molecule has 0 saturated carbocycles. The average Bonchev–Trinajstić information content (AvgIpc) is 3.15. The lowest BCUT2D eigenvalue weighted by Gasteiger charge is -2.39. The predicted molar refractivity (Wildman–Crippen MR) is 111 cm³/mol. The van der Waals surface area contributed by atoms with E-state index in [0.29, 0.717) is 17.1 Å². The van der Waals surface area contributed by atoms with E-state index in [2.05, 4.69) is 15.5 Å². The summed E-state index contributed by atoms with van der Waals surface area (Å²) in [5.41, 5.74) is 0.464. The minimum Gasteiger partial charge on any atom is -0.484 e. The Kier molecular flexibility index (Phi) is 7.06. The molecule has 2 aromatic rings. The molecule has 1 aliphatic heterocycles. The number of hydrogen-bond acceptors (Lipinski definition) is 8. The molecule has 2 heterocycles. The third-order valence-electron chi connectivity index (χ3n) is 4.17. The van der Waals surface area contributed by atoms with Gasteiger partial charge in [0.1, 0.15) is 22.5 Å². The van der Waals surface area contributed by atoms with Gasteiger partial charge in [0, 0.05) is 5.75 Å². The van der Waals surface area contributed by atoms with Crippen molar-refractivity contribution >= 4 is 40.9 Å². The highest BCUT2D eigenvalue weighted by molar-refractivity contribution is 8.01. The van der Waals surface area contributed by atoms with Gasteiger partial charge >= 0.3 is 5.97 Å². The molecule has 1 aliphatic rings. The number of para-hydroxylation sites is 1. The molecule has 1 aromatic heterocycles. The van der Waals surface area contributed by atoms with E-state index in [9.17, 15) is 19.5 Å². The number of β-lactam (4-membered cyclic amide) rings is 1. The zero-order chi connectivity index (χ0) is 21.7. The van der Waals surface area contributed by atoms with Crippen molar-refractivity contribution in [3.63, 3.8) is 0 Å². The number of nitrogens with one attached hydrogen (secondary N) is 1. The molecule has 9 nitrogen and oxygen atoms in total. The topological polar surface area (TPSA) is 122 Å². The van der Waals surface area contributed by atoms with E-state index in [-0.39, 0.29) is 18.8 Å². The van der Waals surface area contributed by atoms with Gasteiger partial charge in [-0.15, -0.1) is 10.2 Å². The van der Waals surface area contributed by atoms with E-state index in [1.54, 1.807) is 31.2 Å². The second-order valence-electron chi connectivity index (χ2n) is 6.48. The number of carbonyl (C=O) groups is 3. The number of hydrogen-bond donors (Lipinski definition) is 2. The minimum absolute atomic E-state index is 0.0697. The Hall–Kier alpha value is -2.92. The fourth-order valence-electron chi connectivity index (χ4n) is 2.74. The van der Waals surface area contributed by atoms with Gasteiger partial charge in [-0.1, -0.05) is 41.3 Å². The molecule has 30 heavy (non-hydrogen) atoms. The Balaban J connectivity index is 1.54. The summed E-state index contributed by atoms with van der Waals surface area (Å²) in [6, 6.07) is 8.07. The third-order valence-corrected chi connectivity index (χ3v) is 6.32. The van der Waals surface area contributed by atoms with Crippen LogP contribution in [0.3, 0.4) is 0 Å². The first kappa shape index (κ1) is 21.8. The number of ether oxygens (including phenoxy) is 1. The van der Waals surface area contributed by atoms with Gasteiger partial charge in [0.15, 0.2) is 10.9 Å². The van der Waals surface area contributed by atoms with Crippen molar-refractivity contribution < 1.29 is 24.2 Å². The quantitative estimate of drug-likeness (QED) is 0.338. The Morgan fingerprint density at radius 2 is 2.07 bits per heavy atom. The van der Waals surface area contributed by atoms with Gasteiger partial charge in [-0.05, 0) is 31.6 Å². The molecule has 1 saturated heterocycles. The molecule has 2 N–H and O–H groups in total. The molecular formula is C19H20N4O5S2. The lowest BCUT2D eigenvalue weighted by atomic mass is 10.0. The second kappa shape index (κ2) is 9.72. The summed E-state index contributed by atoms with van der Waals surface area (Å²) in [7, 11) is 0. The minimum atomic E-state index is -1.19. The van der Waals surface area contributed by atoms with Gasteiger partial charge in [-0.25, -0.2) is 4.79 Å². The summed E-state index contributed by atoms with van der Waals surface area (Å²) < 4.78 is 6.08. The fourth-order valence-corrected chi connectivity index (χ4v) is 4.51. The van der Waals surface area contributed by atoms with Crippen molar-refractivity contribution in [3.05, 3.63) is 46.6 Å². The Bertz CT molecular complexity index is 976. The van der Waals surface area contributed by atoms with Crippen LogP contribution in [-0.4, -0.2) is 62.9 Å². The lowest BCUT2D eigenvalue weighted by Crippen LogP contribution is -2.64. The van der Waals surface area contributed by atoms with Gasteiger partial charge in [-0.3, -0.25) is 9.59 Å². The van der Waals surface area contributed by atoms with Crippen LogP contribution in [0.2, 0.25) is 0 Å². The highest BCUT2D eigenvalue weighted by Crippen LogP contribution is 2.27. The summed E-state index contributed by atoms with van der Waals surface area (Å²) in [4.78, 5) is 37.4. The van der Waals surface area contributed by atoms with Gasteiger partial charge < -0.3 is 20.1 Å². The maximum Gasteiger partial charge on any atom is 0.352 e. The summed E-state index contributed by atoms with van der Waals surface area (Å²) in [6.45, 7) is 3.37. The standard InChI is InChI=1S/C19H20N4O5S2/c1-11(10-29-19-22-21-12(2)30-19)16(18(26)27)23-8-14(17(23)25)20-15(24)9-28-13-6-4-3-5-7-13/h3-7,14H,8-10H2,1-2H3,(H,20,24)(H,26,27)/b16-11+. The molecule has 1 fully saturated rings. The molecule has 2 amide bonds. The van der Waals surface area contributed by atoms with Crippen LogP contribution in [0.5, 0.6) is 5.75 Å². The van der Waals surface area contributed by atoms with Gasteiger partial charge in [0.2, 0.25) is 0 Å². The highest BCUT2D eigenvalue weighted by Gasteiger charge is 2.42. The normalized spacial score (nSPS) is 16.5. The molecule has 1 aromatic carbocycles. The van der Waals surface area contributed by atoms with Crippen LogP contribution in [0.1, 0.15) is 11.9 Å². The number of amides is 2. The number of benzene rings is 1. The number of rotatable bonds is 9. The number of carbonyl (C=O) groups excluding carboxylic acids is 2. The molecule has 3 rings (SSSR count). The van der Waals surface area contributed by atoms with Crippen molar-refractivity contribution in [2.75, 3.05) is 18.9 Å². The van der Waals surface area contributed by atoms with Crippen molar-refractivity contribution in [2.24, 2.45) is 0 Å². The molecule has 0 aliphatic carbocycles. The first-order valence-corrected chi connectivity index (χ1v) is 10.8. The van der Waals surface area contributed by atoms with Crippen molar-refractivity contribution in [1.82, 2.24) is 20.4 Å². The second-order valence-corrected chi connectivity index (χ2v) is 8.88. The maximum atomic E-state index is 12.4. The van der Waals surface area contributed by atoms with Crippen LogP contribution in [0.4, 0.5) is 0 Å². The molecule has 11 heteroatoms.